The van der Waals surface area contributed by atoms with E-state index in [0.29, 0.717) is 5.82 Å². The molecule has 0 radical (unpaired) electrons. The first-order valence-corrected chi connectivity index (χ1v) is 26.2. The Morgan fingerprint density at radius 1 is 0.730 bits per heavy atom. The van der Waals surface area contributed by atoms with E-state index in [9.17, 15) is 0 Å². The molecule has 0 saturated carbocycles. The quantitative estimate of drug-likeness (QED) is 0.171. The number of rotatable bonds is 7. The molecule has 3 aromatic carbocycles. The Morgan fingerprint density at radius 3 is 1.59 bits per heavy atom. The van der Waals surface area contributed by atoms with E-state index >= 15 is 0 Å². The summed E-state index contributed by atoms with van der Waals surface area (Å²) in [7, 11) is -1.70. The minimum atomic E-state index is -2.63. The third kappa shape index (κ3) is 4.61. The topological polar surface area (TPSA) is 56.7 Å². The van der Waals surface area contributed by atoms with Crippen LogP contribution in [0.2, 0.25) is 34.5 Å². The molecule has 0 aliphatic carbocycles. The van der Waals surface area contributed by atoms with Gasteiger partial charge >= 0.3 is 225 Å². The van der Waals surface area contributed by atoms with Gasteiger partial charge in [-0.3, -0.25) is 0 Å². The van der Waals surface area contributed by atoms with Gasteiger partial charge in [-0.2, -0.15) is 0 Å². The Morgan fingerprint density at radius 2 is 1.19 bits per heavy atom. The molecule has 0 N–H and O–H groups in total. The van der Waals surface area contributed by atoms with Crippen LogP contribution in [0.1, 0.15) is 16.7 Å². The van der Waals surface area contributed by atoms with Crippen molar-refractivity contribution in [2.45, 2.75) is 40.0 Å². The summed E-state index contributed by atoms with van der Waals surface area (Å²) in [5.74, 6) is 1.50. The second-order valence-electron chi connectivity index (χ2n) is 11.6. The van der Waals surface area contributed by atoms with E-state index in [4.69, 9.17) is 9.63 Å². The van der Waals surface area contributed by atoms with E-state index < -0.39 is 32.0 Å². The summed E-state index contributed by atoms with van der Waals surface area (Å²) in [5.41, 5.74) is 2.45. The van der Waals surface area contributed by atoms with Gasteiger partial charge in [-0.1, -0.05) is 0 Å². The number of hydrogen-bond donors (Lipinski definition) is 0. The predicted molar refractivity (Wildman–Crippen MR) is 156 cm³/mol. The van der Waals surface area contributed by atoms with Crippen LogP contribution in [-0.4, -0.2) is 46.7 Å². The molecule has 0 atom stereocenters. The first-order valence-electron chi connectivity index (χ1n) is 12.7. The fraction of sp³-hybridized carbons (Fsp3) is 0.233. The summed E-state index contributed by atoms with van der Waals surface area (Å²) >= 11 is -2.63. The standard InChI is InChI=1S/C27H25N4OSi.3CH3.Sn/c1-33(2,3)25-20-19-24(32-25)26-28-29-30-31(26)27(21-13-7-4-8-14-21,22-15-9-5-10-16-22)23-17-11-6-12-18-23;;;;/h4-18,20H,1-3H3;3*1H3;. The Labute approximate surface area is 224 Å². The molecule has 37 heavy (non-hydrogen) atoms. The fourth-order valence-electron chi connectivity index (χ4n) is 4.94. The molecule has 0 aliphatic heterocycles. The van der Waals surface area contributed by atoms with Crippen molar-refractivity contribution < 1.29 is 4.42 Å². The number of aromatic nitrogens is 4. The molecule has 0 bridgehead atoms. The van der Waals surface area contributed by atoms with Crippen molar-refractivity contribution in [2.75, 3.05) is 0 Å². The molecule has 2 aromatic heterocycles. The maximum absolute atomic E-state index is 6.74. The molecular formula is C30H34N4OSiSn. The van der Waals surface area contributed by atoms with Crippen LogP contribution in [0.5, 0.6) is 0 Å². The second kappa shape index (κ2) is 9.72. The van der Waals surface area contributed by atoms with Crippen LogP contribution in [-0.2, 0) is 5.54 Å². The second-order valence-corrected chi connectivity index (χ2v) is 30.9. The summed E-state index contributed by atoms with van der Waals surface area (Å²) < 4.78 is 10.1. The van der Waals surface area contributed by atoms with E-state index in [1.165, 1.54) is 3.58 Å². The molecule has 5 nitrogen and oxygen atoms in total. The van der Waals surface area contributed by atoms with Gasteiger partial charge in [-0.25, -0.2) is 0 Å². The van der Waals surface area contributed by atoms with Gasteiger partial charge in [0.25, 0.3) is 0 Å². The van der Waals surface area contributed by atoms with E-state index in [1.807, 2.05) is 22.9 Å². The molecule has 0 saturated heterocycles. The third-order valence-electron chi connectivity index (χ3n) is 6.84. The Bertz CT molecular complexity index is 1390. The van der Waals surface area contributed by atoms with Crippen LogP contribution in [0, 0.1) is 0 Å². The maximum atomic E-state index is 6.74. The van der Waals surface area contributed by atoms with Crippen molar-refractivity contribution >= 4 is 35.4 Å². The SMILES string of the molecule is C[Si](C)(C)c1c[c]([Sn]([CH3])([CH3])[CH3])c(-c2nnnn2C(c2ccccc2)(c2ccccc2)c2ccccc2)o1. The molecule has 0 amide bonds. The van der Waals surface area contributed by atoms with Crippen molar-refractivity contribution in [1.29, 1.82) is 0 Å². The van der Waals surface area contributed by atoms with E-state index in [2.05, 4.69) is 124 Å². The summed E-state index contributed by atoms with van der Waals surface area (Å²) in [6, 6.07) is 33.9. The van der Waals surface area contributed by atoms with Gasteiger partial charge in [0.2, 0.25) is 0 Å². The fourth-order valence-corrected chi connectivity index (χ4v) is 10.4. The number of hydrogen-bond acceptors (Lipinski definition) is 4. The molecule has 188 valence electrons. The summed E-state index contributed by atoms with van der Waals surface area (Å²) in [6.07, 6.45) is 0. The average Bonchev–Trinajstić information content (AvgIpc) is 3.55. The number of furan rings is 1. The van der Waals surface area contributed by atoms with Gasteiger partial charge in [-0.05, 0) is 0 Å². The van der Waals surface area contributed by atoms with E-state index in [-0.39, 0.29) is 0 Å². The van der Waals surface area contributed by atoms with E-state index in [1.54, 1.807) is 0 Å². The molecular weight excluding hydrogens is 579 g/mol. The molecule has 7 heteroatoms. The summed E-state index contributed by atoms with van der Waals surface area (Å²) in [5, 5.41) is 14.7. The van der Waals surface area contributed by atoms with Gasteiger partial charge < -0.3 is 0 Å². The summed E-state index contributed by atoms with van der Waals surface area (Å²) in [6.45, 7) is 6.97. The zero-order valence-electron chi connectivity index (χ0n) is 22.4. The predicted octanol–water partition coefficient (Wildman–Crippen LogP) is 5.86. The van der Waals surface area contributed by atoms with Crippen molar-refractivity contribution in [3.63, 3.8) is 0 Å². The number of tetrazole rings is 1. The molecule has 0 fully saturated rings. The van der Waals surface area contributed by atoms with Crippen molar-refractivity contribution in [1.82, 2.24) is 20.2 Å². The molecule has 0 aliphatic rings. The molecule has 5 rings (SSSR count). The van der Waals surface area contributed by atoms with Gasteiger partial charge in [0, 0.05) is 0 Å². The molecule has 0 spiro atoms. The summed E-state index contributed by atoms with van der Waals surface area (Å²) in [4.78, 5) is 7.26. The van der Waals surface area contributed by atoms with Crippen LogP contribution in [0.15, 0.2) is 101 Å². The first-order chi connectivity index (χ1) is 17.6. The molecule has 5 aromatic rings. The third-order valence-corrected chi connectivity index (χ3v) is 14.2. The Balaban J connectivity index is 1.90. The van der Waals surface area contributed by atoms with Crippen LogP contribution < -0.4 is 8.96 Å². The van der Waals surface area contributed by atoms with Crippen LogP contribution in [0.3, 0.4) is 0 Å². The van der Waals surface area contributed by atoms with Gasteiger partial charge in [0.15, 0.2) is 0 Å². The van der Waals surface area contributed by atoms with Crippen LogP contribution >= 0.6 is 0 Å². The Hall–Kier alpha value is -2.97. The zero-order valence-corrected chi connectivity index (χ0v) is 26.3. The van der Waals surface area contributed by atoms with Crippen molar-refractivity contribution in [3.8, 4) is 11.6 Å². The monoisotopic (exact) mass is 614 g/mol. The van der Waals surface area contributed by atoms with Crippen LogP contribution in [0.25, 0.3) is 11.6 Å². The van der Waals surface area contributed by atoms with E-state index in [0.717, 1.165) is 27.8 Å². The zero-order chi connectivity index (χ0) is 26.3. The van der Waals surface area contributed by atoms with Crippen molar-refractivity contribution in [3.05, 3.63) is 114 Å². The van der Waals surface area contributed by atoms with Gasteiger partial charge in [0.05, 0.1) is 0 Å². The minimum absolute atomic E-state index is 0.669. The molecule has 0 unspecified atom stereocenters. The van der Waals surface area contributed by atoms with Crippen molar-refractivity contribution in [2.24, 2.45) is 0 Å². The average molecular weight is 613 g/mol. The van der Waals surface area contributed by atoms with Gasteiger partial charge in [0.1, 0.15) is 0 Å². The Kier molecular flexibility index (Phi) is 6.74. The normalized spacial score (nSPS) is 12.6. The van der Waals surface area contributed by atoms with Crippen LogP contribution in [0.4, 0.5) is 0 Å². The number of nitrogens with zero attached hydrogens (tertiary/aromatic N) is 4. The number of benzene rings is 3. The first kappa shape index (κ1) is 25.7. The molecule has 2 heterocycles. The van der Waals surface area contributed by atoms with Gasteiger partial charge in [-0.15, -0.1) is 0 Å².